The Labute approximate surface area is 117 Å². The summed E-state index contributed by atoms with van der Waals surface area (Å²) in [7, 11) is 0. The fourth-order valence-corrected chi connectivity index (χ4v) is 2.04. The van der Waals surface area contributed by atoms with Crippen LogP contribution in [0, 0.1) is 0 Å². The second-order valence-electron chi connectivity index (χ2n) is 5.05. The van der Waals surface area contributed by atoms with Crippen molar-refractivity contribution in [3.05, 3.63) is 12.4 Å². The number of carbonyl (C=O) groups is 1. The summed E-state index contributed by atoms with van der Waals surface area (Å²) in [6.07, 6.45) is 2.39. The van der Waals surface area contributed by atoms with Gasteiger partial charge in [0.1, 0.15) is 24.4 Å². The number of aromatic nitrogens is 2. The molecule has 7 heteroatoms. The fraction of sp³-hybridized carbons (Fsp3) is 0.615. The highest BCUT2D eigenvalue weighted by Gasteiger charge is 2.41. The van der Waals surface area contributed by atoms with E-state index in [9.17, 15) is 4.79 Å². The molecule has 0 radical (unpaired) electrons. The van der Waals surface area contributed by atoms with Gasteiger partial charge in [0.25, 0.3) is 0 Å². The molecule has 1 N–H and O–H groups in total. The quantitative estimate of drug-likeness (QED) is 0.796. The van der Waals surface area contributed by atoms with Crippen molar-refractivity contribution >= 4 is 11.8 Å². The topological polar surface area (TPSA) is 84.8 Å². The van der Waals surface area contributed by atoms with E-state index in [0.717, 1.165) is 12.2 Å². The van der Waals surface area contributed by atoms with E-state index in [4.69, 9.17) is 14.6 Å². The molecule has 1 aromatic heterocycles. The van der Waals surface area contributed by atoms with Crippen molar-refractivity contribution in [1.82, 2.24) is 9.97 Å². The van der Waals surface area contributed by atoms with Crippen LogP contribution in [0.3, 0.4) is 0 Å². The van der Waals surface area contributed by atoms with E-state index in [0.29, 0.717) is 25.6 Å². The SMILES string of the molecule is CCCOc1cc(N2CC(C)(OCC(=O)O)C2)ncn1. The maximum atomic E-state index is 10.5. The zero-order valence-electron chi connectivity index (χ0n) is 11.7. The molecular weight excluding hydrogens is 262 g/mol. The maximum absolute atomic E-state index is 10.5. The van der Waals surface area contributed by atoms with E-state index in [-0.39, 0.29) is 6.61 Å². The van der Waals surface area contributed by atoms with Gasteiger partial charge in [0.05, 0.1) is 6.61 Å². The van der Waals surface area contributed by atoms with Crippen LogP contribution in [0.5, 0.6) is 5.88 Å². The Morgan fingerprint density at radius 3 is 2.90 bits per heavy atom. The van der Waals surface area contributed by atoms with E-state index < -0.39 is 11.6 Å². The number of carboxylic acids is 1. The van der Waals surface area contributed by atoms with Crippen molar-refractivity contribution in [2.75, 3.05) is 31.2 Å². The monoisotopic (exact) mass is 281 g/mol. The average Bonchev–Trinajstić information content (AvgIpc) is 2.40. The molecule has 1 saturated heterocycles. The van der Waals surface area contributed by atoms with Crippen LogP contribution in [0.4, 0.5) is 5.82 Å². The molecule has 0 saturated carbocycles. The summed E-state index contributed by atoms with van der Waals surface area (Å²) >= 11 is 0. The molecule has 2 heterocycles. The van der Waals surface area contributed by atoms with Gasteiger partial charge in [-0.3, -0.25) is 0 Å². The van der Waals surface area contributed by atoms with Crippen molar-refractivity contribution in [3.8, 4) is 5.88 Å². The van der Waals surface area contributed by atoms with Crippen molar-refractivity contribution in [3.63, 3.8) is 0 Å². The largest absolute Gasteiger partial charge is 0.480 e. The Hall–Kier alpha value is -1.89. The van der Waals surface area contributed by atoms with Crippen molar-refractivity contribution in [1.29, 1.82) is 0 Å². The lowest BCUT2D eigenvalue weighted by molar-refractivity contribution is -0.150. The summed E-state index contributed by atoms with van der Waals surface area (Å²) in [6, 6.07) is 1.78. The third kappa shape index (κ3) is 3.57. The second kappa shape index (κ2) is 6.04. The maximum Gasteiger partial charge on any atom is 0.329 e. The number of anilines is 1. The van der Waals surface area contributed by atoms with E-state index >= 15 is 0 Å². The summed E-state index contributed by atoms with van der Waals surface area (Å²) in [4.78, 5) is 20.7. The summed E-state index contributed by atoms with van der Waals surface area (Å²) in [5.41, 5.74) is -0.437. The minimum Gasteiger partial charge on any atom is -0.480 e. The Morgan fingerprint density at radius 2 is 2.25 bits per heavy atom. The van der Waals surface area contributed by atoms with E-state index in [1.165, 1.54) is 6.33 Å². The smallest absolute Gasteiger partial charge is 0.329 e. The van der Waals surface area contributed by atoms with Gasteiger partial charge in [0.2, 0.25) is 5.88 Å². The molecule has 0 spiro atoms. The first kappa shape index (κ1) is 14.5. The average molecular weight is 281 g/mol. The van der Waals surface area contributed by atoms with Gasteiger partial charge in [-0.25, -0.2) is 14.8 Å². The standard InChI is InChI=1S/C13H19N3O4/c1-3-4-19-11-5-10(14-9-15-11)16-7-13(2,8-16)20-6-12(17)18/h5,9H,3-4,6-8H2,1-2H3,(H,17,18). The minimum atomic E-state index is -0.957. The Balaban J connectivity index is 1.90. The van der Waals surface area contributed by atoms with Gasteiger partial charge < -0.3 is 19.5 Å². The molecule has 0 amide bonds. The lowest BCUT2D eigenvalue weighted by Gasteiger charge is -2.47. The molecule has 0 atom stereocenters. The Kier molecular flexibility index (Phi) is 4.39. The molecule has 0 unspecified atom stereocenters. The summed E-state index contributed by atoms with van der Waals surface area (Å²) in [6.45, 7) is 5.47. The molecule has 110 valence electrons. The van der Waals surface area contributed by atoms with Gasteiger partial charge in [-0.15, -0.1) is 0 Å². The fourth-order valence-electron chi connectivity index (χ4n) is 2.04. The molecule has 7 nitrogen and oxygen atoms in total. The minimum absolute atomic E-state index is 0.279. The molecule has 1 aromatic rings. The molecule has 0 bridgehead atoms. The second-order valence-corrected chi connectivity index (χ2v) is 5.05. The molecule has 2 rings (SSSR count). The number of nitrogens with zero attached hydrogens (tertiary/aromatic N) is 3. The van der Waals surface area contributed by atoms with Crippen LogP contribution in [0.2, 0.25) is 0 Å². The molecular formula is C13H19N3O4. The highest BCUT2D eigenvalue weighted by atomic mass is 16.5. The summed E-state index contributed by atoms with van der Waals surface area (Å²) in [5.74, 6) is 0.362. The van der Waals surface area contributed by atoms with Gasteiger partial charge in [0, 0.05) is 19.2 Å². The van der Waals surface area contributed by atoms with Gasteiger partial charge in [0.15, 0.2) is 0 Å². The molecule has 1 aliphatic rings. The lowest BCUT2D eigenvalue weighted by atomic mass is 9.96. The van der Waals surface area contributed by atoms with Crippen molar-refractivity contribution in [2.24, 2.45) is 0 Å². The lowest BCUT2D eigenvalue weighted by Crippen LogP contribution is -2.62. The summed E-state index contributed by atoms with van der Waals surface area (Å²) < 4.78 is 10.8. The van der Waals surface area contributed by atoms with Crippen LogP contribution in [-0.2, 0) is 9.53 Å². The van der Waals surface area contributed by atoms with E-state index in [1.807, 2.05) is 18.7 Å². The first-order chi connectivity index (χ1) is 9.52. The van der Waals surface area contributed by atoms with Crippen LogP contribution in [0.15, 0.2) is 12.4 Å². The van der Waals surface area contributed by atoms with Crippen LogP contribution in [-0.4, -0.2) is 52.9 Å². The summed E-state index contributed by atoms with van der Waals surface area (Å²) in [5, 5.41) is 8.62. The normalized spacial score (nSPS) is 16.6. The third-order valence-corrected chi connectivity index (χ3v) is 3.00. The van der Waals surface area contributed by atoms with Gasteiger partial charge in [-0.1, -0.05) is 6.92 Å². The van der Waals surface area contributed by atoms with Gasteiger partial charge in [-0.05, 0) is 13.3 Å². The number of ether oxygens (including phenoxy) is 2. The highest BCUT2D eigenvalue weighted by molar-refractivity contribution is 5.68. The predicted molar refractivity (Wildman–Crippen MR) is 72.0 cm³/mol. The number of carboxylic acid groups (broad SMARTS) is 1. The van der Waals surface area contributed by atoms with Crippen molar-refractivity contribution in [2.45, 2.75) is 25.9 Å². The van der Waals surface area contributed by atoms with Crippen LogP contribution < -0.4 is 9.64 Å². The number of aliphatic carboxylic acids is 1. The van der Waals surface area contributed by atoms with Gasteiger partial charge in [-0.2, -0.15) is 0 Å². The number of hydrogen-bond donors (Lipinski definition) is 1. The third-order valence-electron chi connectivity index (χ3n) is 3.00. The number of rotatable bonds is 7. The molecule has 0 aliphatic carbocycles. The predicted octanol–water partition coefficient (Wildman–Crippen LogP) is 0.945. The molecule has 1 aliphatic heterocycles. The van der Waals surface area contributed by atoms with Gasteiger partial charge >= 0.3 is 5.97 Å². The first-order valence-corrected chi connectivity index (χ1v) is 6.58. The zero-order valence-corrected chi connectivity index (χ0v) is 11.7. The Bertz CT molecular complexity index is 474. The molecule has 20 heavy (non-hydrogen) atoms. The molecule has 1 fully saturated rings. The number of hydrogen-bond acceptors (Lipinski definition) is 6. The van der Waals surface area contributed by atoms with Crippen LogP contribution in [0.1, 0.15) is 20.3 Å². The first-order valence-electron chi connectivity index (χ1n) is 6.58. The van der Waals surface area contributed by atoms with Crippen molar-refractivity contribution < 1.29 is 19.4 Å². The van der Waals surface area contributed by atoms with Crippen LogP contribution >= 0.6 is 0 Å². The van der Waals surface area contributed by atoms with E-state index in [2.05, 4.69) is 9.97 Å². The van der Waals surface area contributed by atoms with E-state index in [1.54, 1.807) is 6.07 Å². The molecule has 0 aromatic carbocycles. The van der Waals surface area contributed by atoms with Crippen LogP contribution in [0.25, 0.3) is 0 Å². The Morgan fingerprint density at radius 1 is 1.50 bits per heavy atom. The zero-order chi connectivity index (χ0) is 14.6. The highest BCUT2D eigenvalue weighted by Crippen LogP contribution is 2.29.